The third kappa shape index (κ3) is 1.20. The van der Waals surface area contributed by atoms with E-state index in [1.165, 1.54) is 12.0 Å². The standard InChI is InChI=1S/C15H17NO2/c17-14-9-12-7-4-8-15(12)16(14)13(10-18-15)11-5-2-1-3-6-11/h1-3,5-6,12-13H,4,7-10H2/t12-,13?,15-/m1/s1. The van der Waals surface area contributed by atoms with Crippen LogP contribution in [-0.2, 0) is 9.53 Å². The molecule has 4 rings (SSSR count). The van der Waals surface area contributed by atoms with E-state index in [2.05, 4.69) is 17.0 Å². The second kappa shape index (κ2) is 3.58. The molecule has 3 atom stereocenters. The Kier molecular flexibility index (Phi) is 2.10. The van der Waals surface area contributed by atoms with E-state index in [9.17, 15) is 4.79 Å². The average Bonchev–Trinajstić information content (AvgIpc) is 3.02. The molecule has 0 N–H and O–H groups in total. The number of ether oxygens (including phenoxy) is 1. The first-order valence-corrected chi connectivity index (χ1v) is 6.82. The number of carbonyl (C=O) groups excluding carboxylic acids is 1. The average molecular weight is 243 g/mol. The predicted octanol–water partition coefficient (Wildman–Crippen LogP) is 2.49. The van der Waals surface area contributed by atoms with Crippen molar-refractivity contribution in [1.82, 2.24) is 4.90 Å². The van der Waals surface area contributed by atoms with Crippen molar-refractivity contribution in [3.05, 3.63) is 35.9 Å². The molecule has 94 valence electrons. The second-order valence-corrected chi connectivity index (χ2v) is 5.64. The highest BCUT2D eigenvalue weighted by Crippen LogP contribution is 2.55. The molecular weight excluding hydrogens is 226 g/mol. The van der Waals surface area contributed by atoms with Crippen molar-refractivity contribution in [2.24, 2.45) is 5.92 Å². The van der Waals surface area contributed by atoms with E-state index < -0.39 is 0 Å². The number of hydrogen-bond donors (Lipinski definition) is 0. The fraction of sp³-hybridized carbons (Fsp3) is 0.533. The van der Waals surface area contributed by atoms with E-state index in [1.807, 2.05) is 18.2 Å². The van der Waals surface area contributed by atoms with Crippen LogP contribution in [0.1, 0.15) is 37.3 Å². The number of rotatable bonds is 1. The van der Waals surface area contributed by atoms with Gasteiger partial charge in [0.25, 0.3) is 0 Å². The van der Waals surface area contributed by atoms with Crippen molar-refractivity contribution in [2.45, 2.75) is 37.5 Å². The van der Waals surface area contributed by atoms with Crippen molar-refractivity contribution in [3.8, 4) is 0 Å². The van der Waals surface area contributed by atoms with Crippen LogP contribution >= 0.6 is 0 Å². The number of amides is 1. The smallest absolute Gasteiger partial charge is 0.225 e. The Morgan fingerprint density at radius 1 is 1.28 bits per heavy atom. The van der Waals surface area contributed by atoms with Gasteiger partial charge >= 0.3 is 0 Å². The zero-order valence-corrected chi connectivity index (χ0v) is 10.3. The Labute approximate surface area is 107 Å². The summed E-state index contributed by atoms with van der Waals surface area (Å²) in [5.41, 5.74) is 0.952. The van der Waals surface area contributed by atoms with Crippen molar-refractivity contribution < 1.29 is 9.53 Å². The maximum atomic E-state index is 12.3. The molecule has 1 amide bonds. The van der Waals surface area contributed by atoms with Crippen LogP contribution in [0.5, 0.6) is 0 Å². The summed E-state index contributed by atoms with van der Waals surface area (Å²) >= 11 is 0. The molecule has 3 nitrogen and oxygen atoms in total. The molecule has 18 heavy (non-hydrogen) atoms. The summed E-state index contributed by atoms with van der Waals surface area (Å²) in [5.74, 6) is 0.713. The van der Waals surface area contributed by atoms with Crippen molar-refractivity contribution in [1.29, 1.82) is 0 Å². The third-order valence-corrected chi connectivity index (χ3v) is 4.81. The van der Waals surface area contributed by atoms with Gasteiger partial charge in [0.1, 0.15) is 5.72 Å². The summed E-state index contributed by atoms with van der Waals surface area (Å²) in [4.78, 5) is 14.3. The summed E-state index contributed by atoms with van der Waals surface area (Å²) < 4.78 is 6.13. The molecule has 1 aromatic carbocycles. The molecule has 0 aromatic heterocycles. The summed E-state index contributed by atoms with van der Waals surface area (Å²) in [5, 5.41) is 0. The first-order valence-electron chi connectivity index (χ1n) is 6.82. The van der Waals surface area contributed by atoms with E-state index in [4.69, 9.17) is 4.74 Å². The normalized spacial score (nSPS) is 38.0. The van der Waals surface area contributed by atoms with Crippen molar-refractivity contribution in [3.63, 3.8) is 0 Å². The van der Waals surface area contributed by atoms with E-state index >= 15 is 0 Å². The van der Waals surface area contributed by atoms with Crippen LogP contribution in [0, 0.1) is 5.92 Å². The minimum absolute atomic E-state index is 0.127. The molecule has 3 heteroatoms. The maximum Gasteiger partial charge on any atom is 0.225 e. The van der Waals surface area contributed by atoms with Crippen LogP contribution in [0.4, 0.5) is 0 Å². The Bertz CT molecular complexity index is 487. The molecule has 2 heterocycles. The summed E-state index contributed by atoms with van der Waals surface area (Å²) in [6.45, 7) is 0.659. The molecule has 2 saturated heterocycles. The van der Waals surface area contributed by atoms with Crippen molar-refractivity contribution >= 4 is 5.91 Å². The van der Waals surface area contributed by atoms with Crippen LogP contribution < -0.4 is 0 Å². The van der Waals surface area contributed by atoms with Crippen LogP contribution in [0.15, 0.2) is 30.3 Å². The second-order valence-electron chi connectivity index (χ2n) is 5.64. The largest absolute Gasteiger partial charge is 0.353 e. The number of hydrogen-bond acceptors (Lipinski definition) is 2. The van der Waals surface area contributed by atoms with Crippen molar-refractivity contribution in [2.75, 3.05) is 6.61 Å². The van der Waals surface area contributed by atoms with Gasteiger partial charge in [0.05, 0.1) is 12.6 Å². The molecule has 0 radical (unpaired) electrons. The van der Waals surface area contributed by atoms with E-state index in [0.29, 0.717) is 18.9 Å². The lowest BCUT2D eigenvalue weighted by atomic mass is 10.0. The highest BCUT2D eigenvalue weighted by Gasteiger charge is 2.61. The summed E-state index contributed by atoms with van der Waals surface area (Å²) in [7, 11) is 0. The predicted molar refractivity (Wildman–Crippen MR) is 66.7 cm³/mol. The molecule has 0 bridgehead atoms. The molecule has 1 saturated carbocycles. The maximum absolute atomic E-state index is 12.3. The van der Waals surface area contributed by atoms with Gasteiger partial charge in [-0.15, -0.1) is 0 Å². The molecule has 1 unspecified atom stereocenters. The van der Waals surface area contributed by atoms with Gasteiger partial charge in [-0.2, -0.15) is 0 Å². The van der Waals surface area contributed by atoms with Crippen LogP contribution in [0.3, 0.4) is 0 Å². The van der Waals surface area contributed by atoms with Crippen LogP contribution in [0.2, 0.25) is 0 Å². The van der Waals surface area contributed by atoms with Crippen LogP contribution in [0.25, 0.3) is 0 Å². The highest BCUT2D eigenvalue weighted by atomic mass is 16.5. The van der Waals surface area contributed by atoms with Gasteiger partial charge in [-0.3, -0.25) is 4.79 Å². The number of nitrogens with zero attached hydrogens (tertiary/aromatic N) is 1. The Hall–Kier alpha value is -1.35. The number of carbonyl (C=O) groups is 1. The molecule has 1 aliphatic carbocycles. The minimum Gasteiger partial charge on any atom is -0.353 e. The van der Waals surface area contributed by atoms with Gasteiger partial charge in [-0.1, -0.05) is 30.3 Å². The SMILES string of the molecule is O=C1C[C@H]2CCC[C@@]23OCC(c2ccccc2)N13. The topological polar surface area (TPSA) is 29.5 Å². The first kappa shape index (κ1) is 10.6. The monoisotopic (exact) mass is 243 g/mol. The van der Waals surface area contributed by atoms with Crippen LogP contribution in [-0.4, -0.2) is 23.1 Å². The zero-order chi connectivity index (χ0) is 12.2. The van der Waals surface area contributed by atoms with E-state index in [1.54, 1.807) is 0 Å². The van der Waals surface area contributed by atoms with Gasteiger partial charge in [0.2, 0.25) is 5.91 Å². The van der Waals surface area contributed by atoms with Gasteiger partial charge in [0, 0.05) is 12.3 Å². The molecule has 3 fully saturated rings. The van der Waals surface area contributed by atoms with Gasteiger partial charge in [-0.25, -0.2) is 0 Å². The lowest BCUT2D eigenvalue weighted by molar-refractivity contribution is -0.139. The highest BCUT2D eigenvalue weighted by molar-refractivity contribution is 5.81. The van der Waals surface area contributed by atoms with Gasteiger partial charge in [-0.05, 0) is 24.8 Å². The fourth-order valence-electron chi connectivity index (χ4n) is 4.05. The minimum atomic E-state index is -0.252. The van der Waals surface area contributed by atoms with E-state index in [0.717, 1.165) is 12.8 Å². The fourth-order valence-corrected chi connectivity index (χ4v) is 4.05. The Balaban J connectivity index is 1.75. The molecular formula is C15H17NO2. The number of benzene rings is 1. The summed E-state index contributed by atoms with van der Waals surface area (Å²) in [6, 6.07) is 10.4. The van der Waals surface area contributed by atoms with E-state index in [-0.39, 0.29) is 17.7 Å². The third-order valence-electron chi connectivity index (χ3n) is 4.81. The molecule has 2 aliphatic heterocycles. The molecule has 1 aromatic rings. The molecule has 1 spiro atoms. The van der Waals surface area contributed by atoms with Gasteiger partial charge < -0.3 is 9.64 Å². The molecule has 3 aliphatic rings. The van der Waals surface area contributed by atoms with Gasteiger partial charge in [0.15, 0.2) is 0 Å². The quantitative estimate of drug-likeness (QED) is 0.758. The first-order chi connectivity index (χ1) is 8.81. The lowest BCUT2D eigenvalue weighted by Crippen LogP contribution is -2.43. The lowest BCUT2D eigenvalue weighted by Gasteiger charge is -2.32. The summed E-state index contributed by atoms with van der Waals surface area (Å²) in [6.07, 6.45) is 4.04. The Morgan fingerprint density at radius 3 is 2.94 bits per heavy atom. The Morgan fingerprint density at radius 2 is 2.11 bits per heavy atom. The zero-order valence-electron chi connectivity index (χ0n) is 10.3.